The zero-order valence-electron chi connectivity index (χ0n) is 15.1. The molecule has 26 heavy (non-hydrogen) atoms. The summed E-state index contributed by atoms with van der Waals surface area (Å²) < 4.78 is 11.3. The highest BCUT2D eigenvalue weighted by Crippen LogP contribution is 2.36. The van der Waals surface area contributed by atoms with E-state index in [0.717, 1.165) is 61.5 Å². The van der Waals surface area contributed by atoms with Crippen LogP contribution in [0, 0.1) is 5.92 Å². The molecular weight excluding hydrogens is 328 g/mol. The van der Waals surface area contributed by atoms with Crippen molar-refractivity contribution < 1.29 is 14.3 Å². The molecule has 0 saturated carbocycles. The Labute approximate surface area is 153 Å². The highest BCUT2D eigenvalue weighted by atomic mass is 16.5. The summed E-state index contributed by atoms with van der Waals surface area (Å²) in [6.45, 7) is 2.37. The Hall–Kier alpha value is -2.56. The van der Waals surface area contributed by atoms with Gasteiger partial charge in [0.2, 0.25) is 0 Å². The first-order valence-electron chi connectivity index (χ1n) is 9.27. The summed E-state index contributed by atoms with van der Waals surface area (Å²) >= 11 is 0. The number of nitrogens with zero attached hydrogens (tertiary/aromatic N) is 2. The Kier molecular flexibility index (Phi) is 4.78. The number of carbonyl (C=O) groups is 1. The molecule has 0 aliphatic carbocycles. The number of methoxy groups -OCH3 is 1. The lowest BCUT2D eigenvalue weighted by Gasteiger charge is -2.26. The molecule has 2 aliphatic rings. The fraction of sp³-hybridized carbons (Fsp3) is 0.429. The first-order chi connectivity index (χ1) is 12.7. The minimum absolute atomic E-state index is 0.126. The second-order valence-corrected chi connectivity index (χ2v) is 7.07. The van der Waals surface area contributed by atoms with Gasteiger partial charge in [-0.3, -0.25) is 9.78 Å². The largest absolute Gasteiger partial charge is 0.493 e. The molecule has 4 rings (SSSR count). The zero-order chi connectivity index (χ0) is 17.9. The number of ether oxygens (including phenoxy) is 2. The van der Waals surface area contributed by atoms with E-state index in [-0.39, 0.29) is 5.91 Å². The molecule has 1 amide bonds. The summed E-state index contributed by atoms with van der Waals surface area (Å²) in [5, 5.41) is 0. The number of benzene rings is 1. The SMILES string of the molecule is COc1cccc2c1OC[C@@H](Cc1cc(C(=O)N3CCCC3)ccn1)C2. The second kappa shape index (κ2) is 7.36. The fourth-order valence-electron chi connectivity index (χ4n) is 3.87. The summed E-state index contributed by atoms with van der Waals surface area (Å²) in [5.74, 6) is 2.12. The highest BCUT2D eigenvalue weighted by Gasteiger charge is 2.24. The number of aromatic nitrogens is 1. The summed E-state index contributed by atoms with van der Waals surface area (Å²) in [7, 11) is 1.66. The Bertz CT molecular complexity index is 800. The first-order valence-corrected chi connectivity index (χ1v) is 9.27. The van der Waals surface area contributed by atoms with Crippen molar-refractivity contribution in [1.29, 1.82) is 0 Å². The third-order valence-electron chi connectivity index (χ3n) is 5.21. The van der Waals surface area contributed by atoms with Crippen LogP contribution in [-0.4, -0.2) is 42.6 Å². The quantitative estimate of drug-likeness (QED) is 0.848. The van der Waals surface area contributed by atoms with Crippen LogP contribution in [0.3, 0.4) is 0 Å². The summed E-state index contributed by atoms with van der Waals surface area (Å²) in [6.07, 6.45) is 5.69. The lowest BCUT2D eigenvalue weighted by molar-refractivity contribution is 0.0792. The van der Waals surface area contributed by atoms with Crippen molar-refractivity contribution >= 4 is 5.91 Å². The number of para-hydroxylation sites is 1. The van der Waals surface area contributed by atoms with E-state index in [1.165, 1.54) is 5.56 Å². The second-order valence-electron chi connectivity index (χ2n) is 7.07. The van der Waals surface area contributed by atoms with Crippen LogP contribution in [0.2, 0.25) is 0 Å². The van der Waals surface area contributed by atoms with E-state index in [9.17, 15) is 4.79 Å². The topological polar surface area (TPSA) is 51.7 Å². The van der Waals surface area contributed by atoms with Gasteiger partial charge in [0.15, 0.2) is 11.5 Å². The summed E-state index contributed by atoms with van der Waals surface area (Å²) in [5.41, 5.74) is 2.87. The molecule has 1 aromatic carbocycles. The average Bonchev–Trinajstić information content (AvgIpc) is 3.21. The Morgan fingerprint density at radius 3 is 2.96 bits per heavy atom. The van der Waals surface area contributed by atoms with E-state index in [2.05, 4.69) is 11.1 Å². The van der Waals surface area contributed by atoms with Gasteiger partial charge < -0.3 is 14.4 Å². The van der Waals surface area contributed by atoms with Gasteiger partial charge in [0.05, 0.1) is 13.7 Å². The van der Waals surface area contributed by atoms with E-state index in [1.807, 2.05) is 29.2 Å². The molecule has 1 aromatic heterocycles. The molecule has 1 saturated heterocycles. The number of carbonyl (C=O) groups excluding carboxylic acids is 1. The first kappa shape index (κ1) is 16.9. The average molecular weight is 352 g/mol. The van der Waals surface area contributed by atoms with E-state index < -0.39 is 0 Å². The van der Waals surface area contributed by atoms with Gasteiger partial charge in [-0.25, -0.2) is 0 Å². The third kappa shape index (κ3) is 3.39. The van der Waals surface area contributed by atoms with Gasteiger partial charge in [-0.1, -0.05) is 12.1 Å². The van der Waals surface area contributed by atoms with Gasteiger partial charge in [-0.05, 0) is 49.4 Å². The predicted molar refractivity (Wildman–Crippen MR) is 98.8 cm³/mol. The van der Waals surface area contributed by atoms with Gasteiger partial charge >= 0.3 is 0 Å². The van der Waals surface area contributed by atoms with Crippen molar-refractivity contribution in [3.05, 3.63) is 53.3 Å². The molecule has 1 atom stereocenters. The van der Waals surface area contributed by atoms with Crippen molar-refractivity contribution in [2.45, 2.75) is 25.7 Å². The Morgan fingerprint density at radius 1 is 1.31 bits per heavy atom. The molecule has 0 unspecified atom stereocenters. The maximum Gasteiger partial charge on any atom is 0.253 e. The fourth-order valence-corrected chi connectivity index (χ4v) is 3.87. The number of rotatable bonds is 4. The van der Waals surface area contributed by atoms with Crippen LogP contribution in [0.1, 0.15) is 34.5 Å². The van der Waals surface area contributed by atoms with E-state index >= 15 is 0 Å². The molecule has 2 aliphatic heterocycles. The maximum atomic E-state index is 12.6. The molecule has 0 radical (unpaired) electrons. The number of hydrogen-bond acceptors (Lipinski definition) is 4. The molecule has 136 valence electrons. The maximum absolute atomic E-state index is 12.6. The van der Waals surface area contributed by atoms with Crippen LogP contribution in [0.25, 0.3) is 0 Å². The minimum Gasteiger partial charge on any atom is -0.493 e. The van der Waals surface area contributed by atoms with Crippen molar-refractivity contribution in [3.8, 4) is 11.5 Å². The van der Waals surface area contributed by atoms with Crippen LogP contribution in [0.15, 0.2) is 36.5 Å². The molecule has 2 aromatic rings. The molecule has 5 heteroatoms. The Balaban J connectivity index is 1.46. The number of pyridine rings is 1. The van der Waals surface area contributed by atoms with Gasteiger partial charge in [-0.2, -0.15) is 0 Å². The van der Waals surface area contributed by atoms with Crippen molar-refractivity contribution in [2.24, 2.45) is 5.92 Å². The van der Waals surface area contributed by atoms with Crippen LogP contribution in [0.4, 0.5) is 0 Å². The summed E-state index contributed by atoms with van der Waals surface area (Å²) in [4.78, 5) is 19.0. The predicted octanol–water partition coefficient (Wildman–Crippen LogP) is 3.12. The van der Waals surface area contributed by atoms with Crippen molar-refractivity contribution in [2.75, 3.05) is 26.8 Å². The van der Waals surface area contributed by atoms with Gasteiger partial charge in [0.1, 0.15) is 0 Å². The lowest BCUT2D eigenvalue weighted by Crippen LogP contribution is -2.28. The molecule has 3 heterocycles. The number of amides is 1. The highest BCUT2D eigenvalue weighted by molar-refractivity contribution is 5.94. The molecule has 0 N–H and O–H groups in total. The number of fused-ring (bicyclic) bond motifs is 1. The normalized spacial score (nSPS) is 19.0. The third-order valence-corrected chi connectivity index (χ3v) is 5.21. The van der Waals surface area contributed by atoms with Gasteiger partial charge in [-0.15, -0.1) is 0 Å². The molecule has 5 nitrogen and oxygen atoms in total. The van der Waals surface area contributed by atoms with Crippen molar-refractivity contribution in [1.82, 2.24) is 9.88 Å². The van der Waals surface area contributed by atoms with Gasteiger partial charge in [0.25, 0.3) is 5.91 Å². The van der Waals surface area contributed by atoms with Crippen LogP contribution in [-0.2, 0) is 12.8 Å². The lowest BCUT2D eigenvalue weighted by atomic mass is 9.92. The molecule has 0 bridgehead atoms. The monoisotopic (exact) mass is 352 g/mol. The van der Waals surface area contributed by atoms with Crippen LogP contribution >= 0.6 is 0 Å². The van der Waals surface area contributed by atoms with E-state index in [0.29, 0.717) is 12.5 Å². The number of likely N-dealkylation sites (tertiary alicyclic amines) is 1. The molecule has 1 fully saturated rings. The van der Waals surface area contributed by atoms with E-state index in [4.69, 9.17) is 9.47 Å². The van der Waals surface area contributed by atoms with E-state index in [1.54, 1.807) is 13.3 Å². The van der Waals surface area contributed by atoms with Crippen LogP contribution < -0.4 is 9.47 Å². The van der Waals surface area contributed by atoms with Crippen molar-refractivity contribution in [3.63, 3.8) is 0 Å². The minimum atomic E-state index is 0.126. The molecule has 0 spiro atoms. The standard InChI is InChI=1S/C21H24N2O3/c1-25-19-6-4-5-16-11-15(14-26-20(16)19)12-18-13-17(7-8-22-18)21(24)23-9-2-3-10-23/h4-8,13,15H,2-3,9-12,14H2,1H3/t15-/m1/s1. The number of hydrogen-bond donors (Lipinski definition) is 0. The summed E-state index contributed by atoms with van der Waals surface area (Å²) in [6, 6.07) is 9.78. The smallest absolute Gasteiger partial charge is 0.253 e. The molecular formula is C21H24N2O3. The van der Waals surface area contributed by atoms with Crippen LogP contribution in [0.5, 0.6) is 11.5 Å². The zero-order valence-corrected chi connectivity index (χ0v) is 15.1. The Morgan fingerprint density at radius 2 is 2.15 bits per heavy atom. The van der Waals surface area contributed by atoms with Gasteiger partial charge in [0, 0.05) is 36.5 Å².